The fraction of sp³-hybridized carbons (Fsp3) is 0.321. The molecule has 1 heterocycles. The molecule has 0 radical (unpaired) electrons. The van der Waals surface area contributed by atoms with Crippen molar-refractivity contribution in [3.05, 3.63) is 108 Å². The summed E-state index contributed by atoms with van der Waals surface area (Å²) >= 11 is 0. The molecule has 1 saturated carbocycles. The Hall–Kier alpha value is -2.71. The minimum atomic E-state index is -0.393. The number of hydrogen-bond donors (Lipinski definition) is 0. The van der Waals surface area contributed by atoms with Gasteiger partial charge in [-0.1, -0.05) is 97.4 Å². The number of benzene rings is 3. The second-order valence-corrected chi connectivity index (χ2v) is 8.79. The summed E-state index contributed by atoms with van der Waals surface area (Å²) in [6, 6.07) is 32.5. The summed E-state index contributed by atoms with van der Waals surface area (Å²) < 4.78 is 0. The number of nitrogens with zero attached hydrogens (tertiary/aromatic N) is 1. The Kier molecular flexibility index (Phi) is 5.26. The molecule has 2 heteroatoms. The summed E-state index contributed by atoms with van der Waals surface area (Å²) in [5, 5.41) is 0. The van der Waals surface area contributed by atoms with Crippen LogP contribution in [-0.2, 0) is 10.3 Å². The van der Waals surface area contributed by atoms with E-state index in [-0.39, 0.29) is 5.92 Å². The highest BCUT2D eigenvalue weighted by molar-refractivity contribution is 5.82. The largest absolute Gasteiger partial charge is 0.299 e. The van der Waals surface area contributed by atoms with Crippen molar-refractivity contribution < 1.29 is 4.79 Å². The highest BCUT2D eigenvalue weighted by Crippen LogP contribution is 2.47. The summed E-state index contributed by atoms with van der Waals surface area (Å²) in [5.41, 5.74) is 3.42. The topological polar surface area (TPSA) is 20.3 Å². The lowest BCUT2D eigenvalue weighted by Gasteiger charge is -2.44. The van der Waals surface area contributed by atoms with E-state index >= 15 is 0 Å². The molecular formula is C28H29NO. The SMILES string of the molecule is O=C1CCCC[C@H]2CN(C(c3ccccc3)(c3ccccc3)c3ccccc3)C[C@H]12. The van der Waals surface area contributed by atoms with Crippen molar-refractivity contribution in [1.29, 1.82) is 0 Å². The molecule has 1 aliphatic carbocycles. The highest BCUT2D eigenvalue weighted by Gasteiger charge is 2.49. The monoisotopic (exact) mass is 395 g/mol. The lowest BCUT2D eigenvalue weighted by Crippen LogP contribution is -2.47. The van der Waals surface area contributed by atoms with Crippen molar-refractivity contribution in [2.24, 2.45) is 11.8 Å². The fourth-order valence-electron chi connectivity index (χ4n) is 5.78. The molecule has 5 rings (SSSR count). The Balaban J connectivity index is 1.72. The number of fused-ring (bicyclic) bond motifs is 1. The van der Waals surface area contributed by atoms with E-state index < -0.39 is 5.54 Å². The summed E-state index contributed by atoms with van der Waals surface area (Å²) in [5.74, 6) is 1.11. The number of hydrogen-bond acceptors (Lipinski definition) is 2. The minimum absolute atomic E-state index is 0.169. The Morgan fingerprint density at radius 3 is 1.67 bits per heavy atom. The van der Waals surface area contributed by atoms with Crippen molar-refractivity contribution in [2.75, 3.05) is 13.1 Å². The van der Waals surface area contributed by atoms with Crippen LogP contribution >= 0.6 is 0 Å². The van der Waals surface area contributed by atoms with Gasteiger partial charge in [-0.2, -0.15) is 0 Å². The van der Waals surface area contributed by atoms with Crippen LogP contribution < -0.4 is 0 Å². The smallest absolute Gasteiger partial charge is 0.137 e. The van der Waals surface area contributed by atoms with Crippen LogP contribution in [0.1, 0.15) is 42.4 Å². The molecule has 2 nitrogen and oxygen atoms in total. The first kappa shape index (κ1) is 19.3. The summed E-state index contributed by atoms with van der Waals surface area (Å²) in [4.78, 5) is 15.6. The van der Waals surface area contributed by atoms with E-state index in [4.69, 9.17) is 0 Å². The molecule has 2 aliphatic rings. The first-order valence-corrected chi connectivity index (χ1v) is 11.2. The van der Waals surface area contributed by atoms with E-state index in [1.54, 1.807) is 0 Å². The van der Waals surface area contributed by atoms with Gasteiger partial charge in [-0.15, -0.1) is 0 Å². The quantitative estimate of drug-likeness (QED) is 0.531. The number of rotatable bonds is 4. The molecule has 3 aromatic rings. The van der Waals surface area contributed by atoms with E-state index in [0.717, 1.165) is 25.9 Å². The molecule has 2 fully saturated rings. The average molecular weight is 396 g/mol. The molecule has 30 heavy (non-hydrogen) atoms. The molecule has 0 amide bonds. The normalized spacial score (nSPS) is 22.5. The molecule has 3 aromatic carbocycles. The van der Waals surface area contributed by atoms with Gasteiger partial charge in [0.05, 0.1) is 5.54 Å². The average Bonchev–Trinajstić information content (AvgIpc) is 3.16. The number of carbonyl (C=O) groups is 1. The Morgan fingerprint density at radius 2 is 1.17 bits per heavy atom. The van der Waals surface area contributed by atoms with Gasteiger partial charge in [0.1, 0.15) is 5.78 Å². The molecular weight excluding hydrogens is 366 g/mol. The molecule has 0 bridgehead atoms. The number of carbonyl (C=O) groups excluding carboxylic acids is 1. The molecule has 2 atom stereocenters. The molecule has 152 valence electrons. The molecule has 0 aromatic heterocycles. The maximum Gasteiger partial charge on any atom is 0.137 e. The molecule has 0 unspecified atom stereocenters. The van der Waals surface area contributed by atoms with Crippen molar-refractivity contribution in [3.8, 4) is 0 Å². The predicted molar refractivity (Wildman–Crippen MR) is 121 cm³/mol. The lowest BCUT2D eigenvalue weighted by atomic mass is 9.75. The third-order valence-corrected chi connectivity index (χ3v) is 7.15. The van der Waals surface area contributed by atoms with Crippen LogP contribution in [0.4, 0.5) is 0 Å². The Morgan fingerprint density at radius 1 is 0.667 bits per heavy atom. The van der Waals surface area contributed by atoms with Crippen molar-refractivity contribution in [1.82, 2.24) is 4.90 Å². The van der Waals surface area contributed by atoms with Gasteiger partial charge >= 0.3 is 0 Å². The zero-order valence-corrected chi connectivity index (χ0v) is 17.4. The van der Waals surface area contributed by atoms with E-state index in [1.165, 1.54) is 29.5 Å². The van der Waals surface area contributed by atoms with Crippen molar-refractivity contribution in [3.63, 3.8) is 0 Å². The van der Waals surface area contributed by atoms with Crippen molar-refractivity contribution >= 4 is 5.78 Å². The zero-order chi connectivity index (χ0) is 20.4. The maximum atomic E-state index is 13.0. The second-order valence-electron chi connectivity index (χ2n) is 8.79. The summed E-state index contributed by atoms with van der Waals surface area (Å²) in [6.07, 6.45) is 4.16. The number of ketones is 1. The minimum Gasteiger partial charge on any atom is -0.299 e. The number of Topliss-reactive ketones (excluding diaryl/α,β-unsaturated/α-hetero) is 1. The number of likely N-dealkylation sites (tertiary alicyclic amines) is 1. The summed E-state index contributed by atoms with van der Waals surface area (Å²) in [6.45, 7) is 1.80. The first-order valence-electron chi connectivity index (χ1n) is 11.2. The predicted octanol–water partition coefficient (Wildman–Crippen LogP) is 5.67. The van der Waals surface area contributed by atoms with E-state index in [9.17, 15) is 4.79 Å². The van der Waals surface area contributed by atoms with Crippen LogP contribution in [-0.4, -0.2) is 23.8 Å². The molecule has 1 aliphatic heterocycles. The first-order chi connectivity index (χ1) is 14.8. The Bertz CT molecular complexity index is 886. The van der Waals surface area contributed by atoms with E-state index in [2.05, 4.69) is 95.9 Å². The van der Waals surface area contributed by atoms with Crippen molar-refractivity contribution in [2.45, 2.75) is 31.2 Å². The van der Waals surface area contributed by atoms with Gasteiger partial charge < -0.3 is 0 Å². The standard InChI is InChI=1S/C28H29NO/c30-27-19-11-10-12-22-20-29(21-26(22)27)28(23-13-4-1-5-14-23,24-15-6-2-7-16-24)25-17-8-3-9-18-25/h1-9,13-18,22,26H,10-12,19-21H2/t22-,26-/m0/s1. The second kappa shape index (κ2) is 8.20. The zero-order valence-electron chi connectivity index (χ0n) is 17.4. The van der Waals surface area contributed by atoms with Crippen LogP contribution in [0.15, 0.2) is 91.0 Å². The van der Waals surface area contributed by atoms with Crippen LogP contribution in [0, 0.1) is 11.8 Å². The van der Waals surface area contributed by atoms with Crippen LogP contribution in [0.3, 0.4) is 0 Å². The van der Waals surface area contributed by atoms with Gasteiger partial charge in [-0.05, 0) is 35.4 Å². The molecule has 0 spiro atoms. The van der Waals surface area contributed by atoms with Gasteiger partial charge in [0.25, 0.3) is 0 Å². The molecule has 1 saturated heterocycles. The van der Waals surface area contributed by atoms with E-state index in [0.29, 0.717) is 11.7 Å². The Labute approximate surface area is 179 Å². The van der Waals surface area contributed by atoms with E-state index in [1.807, 2.05) is 0 Å². The third kappa shape index (κ3) is 3.20. The lowest BCUT2D eigenvalue weighted by molar-refractivity contribution is -0.123. The van der Waals surface area contributed by atoms with Crippen LogP contribution in [0.5, 0.6) is 0 Å². The van der Waals surface area contributed by atoms with Gasteiger partial charge in [0, 0.05) is 25.4 Å². The van der Waals surface area contributed by atoms with Gasteiger partial charge in [-0.3, -0.25) is 9.69 Å². The third-order valence-electron chi connectivity index (χ3n) is 7.15. The van der Waals surface area contributed by atoms with Gasteiger partial charge in [0.2, 0.25) is 0 Å². The summed E-state index contributed by atoms with van der Waals surface area (Å²) in [7, 11) is 0. The molecule has 0 N–H and O–H groups in total. The van der Waals surface area contributed by atoms with Crippen LogP contribution in [0.25, 0.3) is 0 Å². The highest BCUT2D eigenvalue weighted by atomic mass is 16.1. The fourth-order valence-corrected chi connectivity index (χ4v) is 5.78. The van der Waals surface area contributed by atoms with Crippen LogP contribution in [0.2, 0.25) is 0 Å². The maximum absolute atomic E-state index is 13.0. The van der Waals surface area contributed by atoms with Gasteiger partial charge in [-0.25, -0.2) is 0 Å². The van der Waals surface area contributed by atoms with Gasteiger partial charge in [0.15, 0.2) is 0 Å².